The lowest BCUT2D eigenvalue weighted by atomic mass is 9.92. The first kappa shape index (κ1) is 14.3. The molecule has 1 fully saturated rings. The summed E-state index contributed by atoms with van der Waals surface area (Å²) in [5.74, 6) is 0.202. The van der Waals surface area contributed by atoms with Crippen molar-refractivity contribution in [1.82, 2.24) is 9.97 Å². The van der Waals surface area contributed by atoms with Crippen LogP contribution in [-0.4, -0.2) is 34.6 Å². The molecule has 0 radical (unpaired) electrons. The highest BCUT2D eigenvalue weighted by Crippen LogP contribution is 2.29. The fourth-order valence-corrected chi connectivity index (χ4v) is 2.20. The maximum Gasteiger partial charge on any atom is 0.433 e. The Morgan fingerprint density at radius 2 is 2.05 bits per heavy atom. The molecule has 8 heteroatoms. The van der Waals surface area contributed by atoms with Gasteiger partial charge in [-0.1, -0.05) is 0 Å². The standard InChI is InChI=1S/C11H13ClF3N3O/c12-7-10(2-5-19-6-3-10)18-9-16-4-1-8(17-9)11(13,14)15/h1,4H,2-3,5-7H2,(H,16,17,18). The maximum absolute atomic E-state index is 12.6. The minimum Gasteiger partial charge on any atom is -0.381 e. The molecule has 1 aromatic rings. The molecule has 1 aromatic heterocycles. The van der Waals surface area contributed by atoms with Gasteiger partial charge in [-0.3, -0.25) is 0 Å². The van der Waals surface area contributed by atoms with E-state index in [0.717, 1.165) is 12.3 Å². The first-order valence-corrected chi connectivity index (χ1v) is 6.31. The van der Waals surface area contributed by atoms with Crippen molar-refractivity contribution < 1.29 is 17.9 Å². The molecule has 106 valence electrons. The first-order chi connectivity index (χ1) is 8.95. The van der Waals surface area contributed by atoms with Crippen LogP contribution in [0.15, 0.2) is 12.3 Å². The predicted molar refractivity (Wildman–Crippen MR) is 64.2 cm³/mol. The first-order valence-electron chi connectivity index (χ1n) is 5.77. The van der Waals surface area contributed by atoms with Gasteiger partial charge in [-0.15, -0.1) is 11.6 Å². The van der Waals surface area contributed by atoms with Crippen LogP contribution in [0.1, 0.15) is 18.5 Å². The van der Waals surface area contributed by atoms with Crippen LogP contribution in [0.5, 0.6) is 0 Å². The Bertz CT molecular complexity index is 435. The van der Waals surface area contributed by atoms with Crippen LogP contribution in [0.2, 0.25) is 0 Å². The monoisotopic (exact) mass is 295 g/mol. The van der Waals surface area contributed by atoms with E-state index in [9.17, 15) is 13.2 Å². The van der Waals surface area contributed by atoms with E-state index in [4.69, 9.17) is 16.3 Å². The van der Waals surface area contributed by atoms with E-state index in [-0.39, 0.29) is 11.8 Å². The number of rotatable bonds is 3. The van der Waals surface area contributed by atoms with Crippen molar-refractivity contribution in [3.05, 3.63) is 18.0 Å². The largest absolute Gasteiger partial charge is 0.433 e. The third kappa shape index (κ3) is 3.48. The lowest BCUT2D eigenvalue weighted by molar-refractivity contribution is -0.141. The van der Waals surface area contributed by atoms with Gasteiger partial charge in [0.05, 0.1) is 5.54 Å². The Morgan fingerprint density at radius 1 is 1.37 bits per heavy atom. The molecule has 0 saturated carbocycles. The number of ether oxygens (including phenoxy) is 1. The summed E-state index contributed by atoms with van der Waals surface area (Å²) in [5, 5.41) is 2.92. The summed E-state index contributed by atoms with van der Waals surface area (Å²) in [7, 11) is 0. The Kier molecular flexibility index (Phi) is 4.15. The number of nitrogens with one attached hydrogen (secondary N) is 1. The second kappa shape index (κ2) is 5.50. The smallest absolute Gasteiger partial charge is 0.381 e. The molecular formula is C11H13ClF3N3O. The molecule has 4 nitrogen and oxygen atoms in total. The van der Waals surface area contributed by atoms with Gasteiger partial charge in [0, 0.05) is 25.3 Å². The van der Waals surface area contributed by atoms with E-state index < -0.39 is 17.4 Å². The normalized spacial score (nSPS) is 19.2. The van der Waals surface area contributed by atoms with Crippen molar-refractivity contribution in [1.29, 1.82) is 0 Å². The average molecular weight is 296 g/mol. The molecule has 0 spiro atoms. The summed E-state index contributed by atoms with van der Waals surface area (Å²) in [6.07, 6.45) is -2.19. The van der Waals surface area contributed by atoms with Gasteiger partial charge in [0.25, 0.3) is 0 Å². The van der Waals surface area contributed by atoms with E-state index in [0.29, 0.717) is 26.1 Å². The number of aromatic nitrogens is 2. The van der Waals surface area contributed by atoms with Crippen molar-refractivity contribution in [2.45, 2.75) is 24.6 Å². The van der Waals surface area contributed by atoms with Crippen LogP contribution in [0.25, 0.3) is 0 Å². The zero-order valence-electron chi connectivity index (χ0n) is 10.0. The molecule has 1 saturated heterocycles. The van der Waals surface area contributed by atoms with Gasteiger partial charge in [0.1, 0.15) is 5.69 Å². The zero-order chi connectivity index (χ0) is 13.9. The summed E-state index contributed by atoms with van der Waals surface area (Å²) in [6, 6.07) is 0.836. The number of anilines is 1. The second-order valence-corrected chi connectivity index (χ2v) is 4.68. The van der Waals surface area contributed by atoms with E-state index >= 15 is 0 Å². The van der Waals surface area contributed by atoms with Gasteiger partial charge in [0.2, 0.25) is 5.95 Å². The highest BCUT2D eigenvalue weighted by Gasteiger charge is 2.35. The van der Waals surface area contributed by atoms with Gasteiger partial charge in [-0.05, 0) is 18.9 Å². The number of nitrogens with zero attached hydrogens (tertiary/aromatic N) is 2. The highest BCUT2D eigenvalue weighted by molar-refractivity contribution is 6.18. The molecule has 1 aliphatic rings. The molecule has 19 heavy (non-hydrogen) atoms. The van der Waals surface area contributed by atoms with Gasteiger partial charge in [0.15, 0.2) is 0 Å². The third-order valence-electron chi connectivity index (χ3n) is 3.03. The minimum absolute atomic E-state index is 0.0580. The lowest BCUT2D eigenvalue weighted by Crippen LogP contribution is -2.46. The van der Waals surface area contributed by atoms with Gasteiger partial charge in [-0.2, -0.15) is 13.2 Å². The average Bonchev–Trinajstić information content (AvgIpc) is 2.39. The zero-order valence-corrected chi connectivity index (χ0v) is 10.8. The molecule has 2 heterocycles. The molecule has 2 rings (SSSR count). The quantitative estimate of drug-likeness (QED) is 0.871. The molecule has 0 unspecified atom stereocenters. The summed E-state index contributed by atoms with van der Waals surface area (Å²) < 4.78 is 42.9. The van der Waals surface area contributed by atoms with Crippen molar-refractivity contribution in [3.8, 4) is 0 Å². The Labute approximate surface area is 113 Å². The van der Waals surface area contributed by atoms with Crippen molar-refractivity contribution in [2.24, 2.45) is 0 Å². The van der Waals surface area contributed by atoms with Crippen LogP contribution in [0.3, 0.4) is 0 Å². The Morgan fingerprint density at radius 3 is 2.63 bits per heavy atom. The van der Waals surface area contributed by atoms with Crippen molar-refractivity contribution >= 4 is 17.5 Å². The minimum atomic E-state index is -4.48. The molecule has 0 aliphatic carbocycles. The van der Waals surface area contributed by atoms with Crippen LogP contribution < -0.4 is 5.32 Å². The van der Waals surface area contributed by atoms with Gasteiger partial charge in [-0.25, -0.2) is 9.97 Å². The van der Waals surface area contributed by atoms with E-state index in [1.165, 1.54) is 0 Å². The topological polar surface area (TPSA) is 47.0 Å². The summed E-state index contributed by atoms with van der Waals surface area (Å²) in [4.78, 5) is 7.30. The second-order valence-electron chi connectivity index (χ2n) is 4.41. The van der Waals surface area contributed by atoms with Crippen molar-refractivity contribution in [3.63, 3.8) is 0 Å². The third-order valence-corrected chi connectivity index (χ3v) is 3.54. The number of alkyl halides is 4. The van der Waals surface area contributed by atoms with Crippen LogP contribution in [0.4, 0.5) is 19.1 Å². The van der Waals surface area contributed by atoms with Crippen molar-refractivity contribution in [2.75, 3.05) is 24.4 Å². The van der Waals surface area contributed by atoms with Crippen LogP contribution >= 0.6 is 11.6 Å². The van der Waals surface area contributed by atoms with E-state index in [1.807, 2.05) is 0 Å². The van der Waals surface area contributed by atoms with E-state index in [1.54, 1.807) is 0 Å². The van der Waals surface area contributed by atoms with Gasteiger partial charge < -0.3 is 10.1 Å². The molecule has 0 bridgehead atoms. The molecular weight excluding hydrogens is 283 g/mol. The predicted octanol–water partition coefficient (Wildman–Crippen LogP) is 2.70. The fourth-order valence-electron chi connectivity index (χ4n) is 1.87. The number of hydrogen-bond acceptors (Lipinski definition) is 4. The summed E-state index contributed by atoms with van der Waals surface area (Å²) >= 11 is 5.92. The Balaban J connectivity index is 2.18. The van der Waals surface area contributed by atoms with Gasteiger partial charge >= 0.3 is 6.18 Å². The fraction of sp³-hybridized carbons (Fsp3) is 0.636. The molecule has 1 aliphatic heterocycles. The summed E-state index contributed by atoms with van der Waals surface area (Å²) in [5.41, 5.74) is -1.48. The van der Waals surface area contributed by atoms with E-state index in [2.05, 4.69) is 15.3 Å². The molecule has 1 N–H and O–H groups in total. The highest BCUT2D eigenvalue weighted by atomic mass is 35.5. The Hall–Kier alpha value is -1.08. The summed E-state index contributed by atoms with van der Waals surface area (Å²) in [6.45, 7) is 1.03. The lowest BCUT2D eigenvalue weighted by Gasteiger charge is -2.36. The van der Waals surface area contributed by atoms with Crippen LogP contribution in [-0.2, 0) is 10.9 Å². The molecule has 0 amide bonds. The number of halogens is 4. The molecule has 0 atom stereocenters. The molecule has 0 aromatic carbocycles. The number of hydrogen-bond donors (Lipinski definition) is 1. The van der Waals surface area contributed by atoms with Crippen LogP contribution in [0, 0.1) is 0 Å². The SMILES string of the molecule is FC(F)(F)c1ccnc(NC2(CCl)CCOCC2)n1. The maximum atomic E-state index is 12.6.